The zero-order valence-electron chi connectivity index (χ0n) is 10.8. The van der Waals surface area contributed by atoms with Crippen LogP contribution < -0.4 is 11.2 Å². The van der Waals surface area contributed by atoms with E-state index in [2.05, 4.69) is 5.48 Å². The molecular formula is C13H20N2O2. The van der Waals surface area contributed by atoms with Crippen LogP contribution in [-0.2, 0) is 9.63 Å². The highest BCUT2D eigenvalue weighted by molar-refractivity contribution is 5.82. The Morgan fingerprint density at radius 3 is 2.29 bits per heavy atom. The second kappa shape index (κ2) is 5.29. The van der Waals surface area contributed by atoms with Crippen LogP contribution in [0.5, 0.6) is 0 Å². The standard InChI is InChI=1S/C13H20N2O2/c1-9-5-7-10(8-6-9)11(14)12(16)15-17-13(2,3)4/h5-8,11H,14H2,1-4H3,(H,15,16). The third-order valence-electron chi connectivity index (χ3n) is 2.18. The molecule has 0 aliphatic carbocycles. The van der Waals surface area contributed by atoms with Gasteiger partial charge in [-0.2, -0.15) is 0 Å². The number of rotatable bonds is 3. The number of aryl methyl sites for hydroxylation is 1. The largest absolute Gasteiger partial charge is 0.316 e. The number of hydroxylamine groups is 1. The van der Waals surface area contributed by atoms with E-state index in [1.54, 1.807) is 0 Å². The summed E-state index contributed by atoms with van der Waals surface area (Å²) < 4.78 is 0. The van der Waals surface area contributed by atoms with E-state index in [9.17, 15) is 4.79 Å². The molecule has 1 aromatic carbocycles. The predicted molar refractivity (Wildman–Crippen MR) is 67.1 cm³/mol. The van der Waals surface area contributed by atoms with Gasteiger partial charge in [0.25, 0.3) is 5.91 Å². The van der Waals surface area contributed by atoms with Crippen molar-refractivity contribution in [3.05, 3.63) is 35.4 Å². The molecule has 0 saturated carbocycles. The maximum absolute atomic E-state index is 11.7. The van der Waals surface area contributed by atoms with Gasteiger partial charge in [-0.25, -0.2) is 5.48 Å². The molecule has 4 heteroatoms. The van der Waals surface area contributed by atoms with Crippen LogP contribution in [0.25, 0.3) is 0 Å². The molecule has 4 nitrogen and oxygen atoms in total. The molecule has 0 spiro atoms. The summed E-state index contributed by atoms with van der Waals surface area (Å²) in [6, 6.07) is 6.83. The molecule has 1 aromatic rings. The van der Waals surface area contributed by atoms with Gasteiger partial charge in [-0.1, -0.05) is 29.8 Å². The molecule has 0 aliphatic rings. The fourth-order valence-electron chi connectivity index (χ4n) is 1.19. The second-order valence-electron chi connectivity index (χ2n) is 5.07. The third-order valence-corrected chi connectivity index (χ3v) is 2.18. The molecule has 94 valence electrons. The van der Waals surface area contributed by atoms with E-state index in [0.717, 1.165) is 11.1 Å². The Labute approximate surface area is 102 Å². The number of carbonyl (C=O) groups is 1. The summed E-state index contributed by atoms with van der Waals surface area (Å²) in [6.45, 7) is 7.54. The quantitative estimate of drug-likeness (QED) is 0.787. The first kappa shape index (κ1) is 13.7. The molecule has 0 radical (unpaired) electrons. The number of carbonyl (C=O) groups excluding carboxylic acids is 1. The van der Waals surface area contributed by atoms with Crippen LogP contribution in [-0.4, -0.2) is 11.5 Å². The molecule has 0 aromatic heterocycles. The van der Waals surface area contributed by atoms with Crippen molar-refractivity contribution in [2.45, 2.75) is 39.3 Å². The van der Waals surface area contributed by atoms with E-state index in [-0.39, 0.29) is 5.91 Å². The molecule has 0 fully saturated rings. The Morgan fingerprint density at radius 2 is 1.82 bits per heavy atom. The lowest BCUT2D eigenvalue weighted by Crippen LogP contribution is -2.39. The highest BCUT2D eigenvalue weighted by Gasteiger charge is 2.18. The molecule has 0 aliphatic heterocycles. The topological polar surface area (TPSA) is 64.4 Å². The van der Waals surface area contributed by atoms with Gasteiger partial charge >= 0.3 is 0 Å². The van der Waals surface area contributed by atoms with Gasteiger partial charge in [0, 0.05) is 0 Å². The average molecular weight is 236 g/mol. The first-order valence-corrected chi connectivity index (χ1v) is 5.59. The first-order valence-electron chi connectivity index (χ1n) is 5.59. The summed E-state index contributed by atoms with van der Waals surface area (Å²) in [5.41, 5.74) is 9.67. The zero-order valence-corrected chi connectivity index (χ0v) is 10.8. The van der Waals surface area contributed by atoms with Crippen LogP contribution in [0.3, 0.4) is 0 Å². The van der Waals surface area contributed by atoms with E-state index >= 15 is 0 Å². The number of benzene rings is 1. The van der Waals surface area contributed by atoms with Gasteiger partial charge in [0.2, 0.25) is 0 Å². The first-order chi connectivity index (χ1) is 7.79. The summed E-state index contributed by atoms with van der Waals surface area (Å²) in [7, 11) is 0. The molecule has 0 heterocycles. The molecule has 17 heavy (non-hydrogen) atoms. The summed E-state index contributed by atoms with van der Waals surface area (Å²) in [6.07, 6.45) is 0. The van der Waals surface area contributed by atoms with Gasteiger partial charge in [-0.3, -0.25) is 9.63 Å². The summed E-state index contributed by atoms with van der Waals surface area (Å²) >= 11 is 0. The molecular weight excluding hydrogens is 216 g/mol. The molecule has 1 atom stereocenters. The molecule has 1 amide bonds. The normalized spacial score (nSPS) is 13.2. The SMILES string of the molecule is Cc1ccc(C(N)C(=O)NOC(C)(C)C)cc1. The third kappa shape index (κ3) is 4.54. The summed E-state index contributed by atoms with van der Waals surface area (Å²) in [4.78, 5) is 16.9. The molecule has 1 rings (SSSR count). The highest BCUT2D eigenvalue weighted by atomic mass is 16.7. The van der Waals surface area contributed by atoms with E-state index in [1.807, 2.05) is 52.0 Å². The van der Waals surface area contributed by atoms with Crippen molar-refractivity contribution in [3.63, 3.8) is 0 Å². The van der Waals surface area contributed by atoms with Crippen LogP contribution in [0.4, 0.5) is 0 Å². The van der Waals surface area contributed by atoms with Crippen molar-refractivity contribution < 1.29 is 9.63 Å². The van der Waals surface area contributed by atoms with Crippen molar-refractivity contribution in [2.75, 3.05) is 0 Å². The second-order valence-corrected chi connectivity index (χ2v) is 5.07. The van der Waals surface area contributed by atoms with Gasteiger partial charge < -0.3 is 5.73 Å². The summed E-state index contributed by atoms with van der Waals surface area (Å²) in [5.74, 6) is -0.344. The number of amides is 1. The van der Waals surface area contributed by atoms with E-state index in [1.165, 1.54) is 0 Å². The fourth-order valence-corrected chi connectivity index (χ4v) is 1.19. The minimum absolute atomic E-state index is 0.344. The Bertz CT molecular complexity index is 379. The average Bonchev–Trinajstić information content (AvgIpc) is 2.25. The summed E-state index contributed by atoms with van der Waals surface area (Å²) in [5, 5.41) is 0. The fraction of sp³-hybridized carbons (Fsp3) is 0.462. The molecule has 0 saturated heterocycles. The van der Waals surface area contributed by atoms with Crippen molar-refractivity contribution in [2.24, 2.45) is 5.73 Å². The van der Waals surface area contributed by atoms with Gasteiger partial charge in [0.15, 0.2) is 0 Å². The Kier molecular flexibility index (Phi) is 4.26. The minimum atomic E-state index is -0.710. The van der Waals surface area contributed by atoms with Gasteiger partial charge in [-0.05, 0) is 33.3 Å². The Hall–Kier alpha value is -1.39. The van der Waals surface area contributed by atoms with E-state index in [4.69, 9.17) is 10.6 Å². The smallest absolute Gasteiger partial charge is 0.265 e. The van der Waals surface area contributed by atoms with Crippen LogP contribution in [0.15, 0.2) is 24.3 Å². The van der Waals surface area contributed by atoms with Crippen LogP contribution >= 0.6 is 0 Å². The zero-order chi connectivity index (χ0) is 13.1. The Morgan fingerprint density at radius 1 is 1.29 bits per heavy atom. The predicted octanol–water partition coefficient (Wildman–Crippen LogP) is 1.84. The van der Waals surface area contributed by atoms with Crippen molar-refractivity contribution in [1.29, 1.82) is 0 Å². The van der Waals surface area contributed by atoms with Crippen molar-refractivity contribution in [1.82, 2.24) is 5.48 Å². The van der Waals surface area contributed by atoms with Crippen molar-refractivity contribution in [3.8, 4) is 0 Å². The number of hydrogen-bond donors (Lipinski definition) is 2. The lowest BCUT2D eigenvalue weighted by molar-refractivity contribution is -0.147. The van der Waals surface area contributed by atoms with Crippen LogP contribution in [0, 0.1) is 6.92 Å². The Balaban J connectivity index is 2.61. The molecule has 0 bridgehead atoms. The minimum Gasteiger partial charge on any atom is -0.316 e. The maximum Gasteiger partial charge on any atom is 0.265 e. The van der Waals surface area contributed by atoms with E-state index < -0.39 is 11.6 Å². The highest BCUT2D eigenvalue weighted by Crippen LogP contribution is 2.12. The molecule has 3 N–H and O–H groups in total. The van der Waals surface area contributed by atoms with Crippen LogP contribution in [0.2, 0.25) is 0 Å². The van der Waals surface area contributed by atoms with Gasteiger partial charge in [0.1, 0.15) is 6.04 Å². The monoisotopic (exact) mass is 236 g/mol. The lowest BCUT2D eigenvalue weighted by atomic mass is 10.1. The maximum atomic E-state index is 11.7. The van der Waals surface area contributed by atoms with Crippen molar-refractivity contribution >= 4 is 5.91 Å². The lowest BCUT2D eigenvalue weighted by Gasteiger charge is -2.20. The number of hydrogen-bond acceptors (Lipinski definition) is 3. The van der Waals surface area contributed by atoms with Crippen LogP contribution in [0.1, 0.15) is 37.9 Å². The van der Waals surface area contributed by atoms with E-state index in [0.29, 0.717) is 0 Å². The van der Waals surface area contributed by atoms with Gasteiger partial charge in [0.05, 0.1) is 5.60 Å². The number of nitrogens with one attached hydrogen (secondary N) is 1. The van der Waals surface area contributed by atoms with Gasteiger partial charge in [-0.15, -0.1) is 0 Å². The molecule has 1 unspecified atom stereocenters. The number of nitrogens with two attached hydrogens (primary N) is 1.